The molecule has 1 saturated heterocycles. The molecule has 1 atom stereocenters. The van der Waals surface area contributed by atoms with Gasteiger partial charge in [-0.2, -0.15) is 0 Å². The molecule has 1 fully saturated rings. The summed E-state index contributed by atoms with van der Waals surface area (Å²) in [6.45, 7) is 3.94. The summed E-state index contributed by atoms with van der Waals surface area (Å²) in [6, 6.07) is 8.43. The molecule has 1 aliphatic heterocycles. The molecule has 0 unspecified atom stereocenters. The topological polar surface area (TPSA) is 105 Å². The summed E-state index contributed by atoms with van der Waals surface area (Å²) in [7, 11) is 0. The van der Waals surface area contributed by atoms with Crippen molar-refractivity contribution in [2.45, 2.75) is 26.5 Å². The Kier molecular flexibility index (Phi) is 7.66. The summed E-state index contributed by atoms with van der Waals surface area (Å²) in [4.78, 5) is 48.5. The van der Waals surface area contributed by atoms with Crippen LogP contribution in [0.5, 0.6) is 0 Å². The standard InChI is InChI=1S/C18H23N3O5S/c1-12(2)15(20-17(24)26-10-13-6-4-3-5-7-13)16(23)19-8-9-21-14(22)11-27-18(21)25/h3-7,12,15H,8-11H2,1-2H3,(H,19,23)(H,20,24)/t15-/m0/s1. The smallest absolute Gasteiger partial charge is 0.408 e. The van der Waals surface area contributed by atoms with E-state index in [1.807, 2.05) is 30.3 Å². The minimum atomic E-state index is -0.785. The van der Waals surface area contributed by atoms with Gasteiger partial charge in [0.15, 0.2) is 0 Å². The van der Waals surface area contributed by atoms with E-state index in [1.54, 1.807) is 13.8 Å². The first-order valence-corrected chi connectivity index (χ1v) is 9.59. The Labute approximate surface area is 162 Å². The van der Waals surface area contributed by atoms with E-state index in [2.05, 4.69) is 10.6 Å². The van der Waals surface area contributed by atoms with Crippen LogP contribution in [0.4, 0.5) is 9.59 Å². The van der Waals surface area contributed by atoms with Crippen LogP contribution in [0.25, 0.3) is 0 Å². The number of hydrogen-bond acceptors (Lipinski definition) is 6. The molecule has 0 bridgehead atoms. The zero-order chi connectivity index (χ0) is 19.8. The second-order valence-electron chi connectivity index (χ2n) is 6.32. The fourth-order valence-electron chi connectivity index (χ4n) is 2.42. The number of carbonyl (C=O) groups is 4. The van der Waals surface area contributed by atoms with Gasteiger partial charge in [-0.1, -0.05) is 55.9 Å². The van der Waals surface area contributed by atoms with Crippen LogP contribution in [0, 0.1) is 5.92 Å². The fourth-order valence-corrected chi connectivity index (χ4v) is 3.18. The third kappa shape index (κ3) is 6.28. The molecule has 0 radical (unpaired) electrons. The maximum Gasteiger partial charge on any atom is 0.408 e. The monoisotopic (exact) mass is 393 g/mol. The SMILES string of the molecule is CC(C)[C@H](NC(=O)OCc1ccccc1)C(=O)NCCN1C(=O)CSC1=O. The summed E-state index contributed by atoms with van der Waals surface area (Å²) in [5.41, 5.74) is 0.844. The minimum absolute atomic E-state index is 0.107. The largest absolute Gasteiger partial charge is 0.445 e. The number of amides is 4. The summed E-state index contributed by atoms with van der Waals surface area (Å²) < 4.78 is 5.14. The van der Waals surface area contributed by atoms with Crippen LogP contribution in [0.1, 0.15) is 19.4 Å². The molecule has 0 aliphatic carbocycles. The number of benzene rings is 1. The minimum Gasteiger partial charge on any atom is -0.445 e. The van der Waals surface area contributed by atoms with Crippen molar-refractivity contribution in [1.29, 1.82) is 0 Å². The molecular formula is C18H23N3O5S. The summed E-state index contributed by atoms with van der Waals surface area (Å²) in [5.74, 6) is -0.688. The second kappa shape index (κ2) is 9.96. The van der Waals surface area contributed by atoms with Crippen molar-refractivity contribution < 1.29 is 23.9 Å². The van der Waals surface area contributed by atoms with Gasteiger partial charge in [-0.25, -0.2) is 4.79 Å². The number of ether oxygens (including phenoxy) is 1. The van der Waals surface area contributed by atoms with E-state index < -0.39 is 18.0 Å². The quantitative estimate of drug-likeness (QED) is 0.697. The summed E-state index contributed by atoms with van der Waals surface area (Å²) >= 11 is 0.947. The number of nitrogens with one attached hydrogen (secondary N) is 2. The molecule has 146 valence electrons. The molecule has 1 aliphatic rings. The maximum absolute atomic E-state index is 12.4. The van der Waals surface area contributed by atoms with E-state index in [4.69, 9.17) is 4.74 Å². The lowest BCUT2D eigenvalue weighted by Gasteiger charge is -2.22. The number of thioether (sulfide) groups is 1. The van der Waals surface area contributed by atoms with Crippen molar-refractivity contribution >= 4 is 34.9 Å². The Morgan fingerprint density at radius 2 is 1.93 bits per heavy atom. The van der Waals surface area contributed by atoms with Crippen LogP contribution in [-0.4, -0.2) is 52.9 Å². The lowest BCUT2D eigenvalue weighted by Crippen LogP contribution is -2.51. The zero-order valence-electron chi connectivity index (χ0n) is 15.3. The molecule has 0 aromatic heterocycles. The molecule has 2 N–H and O–H groups in total. The van der Waals surface area contributed by atoms with E-state index in [1.165, 1.54) is 0 Å². The van der Waals surface area contributed by atoms with Gasteiger partial charge in [0.25, 0.3) is 5.24 Å². The molecule has 1 aromatic rings. The van der Waals surface area contributed by atoms with Crippen LogP contribution in [-0.2, 0) is 20.9 Å². The highest BCUT2D eigenvalue weighted by molar-refractivity contribution is 8.14. The highest BCUT2D eigenvalue weighted by Gasteiger charge is 2.30. The number of rotatable bonds is 8. The number of hydrogen-bond donors (Lipinski definition) is 2. The lowest BCUT2D eigenvalue weighted by atomic mass is 10.0. The number of alkyl carbamates (subject to hydrolysis) is 1. The van der Waals surface area contributed by atoms with E-state index in [9.17, 15) is 19.2 Å². The first-order valence-electron chi connectivity index (χ1n) is 8.60. The Hall–Kier alpha value is -2.55. The van der Waals surface area contributed by atoms with Crippen molar-refractivity contribution in [2.75, 3.05) is 18.8 Å². The van der Waals surface area contributed by atoms with Crippen molar-refractivity contribution in [3.8, 4) is 0 Å². The van der Waals surface area contributed by atoms with Gasteiger partial charge in [0.2, 0.25) is 11.8 Å². The fraction of sp³-hybridized carbons (Fsp3) is 0.444. The van der Waals surface area contributed by atoms with Gasteiger partial charge in [-0.3, -0.25) is 19.3 Å². The van der Waals surface area contributed by atoms with Gasteiger partial charge in [0, 0.05) is 13.1 Å². The second-order valence-corrected chi connectivity index (χ2v) is 7.25. The van der Waals surface area contributed by atoms with Crippen LogP contribution in [0.2, 0.25) is 0 Å². The molecule has 0 spiro atoms. The van der Waals surface area contributed by atoms with Crippen molar-refractivity contribution in [3.63, 3.8) is 0 Å². The molecule has 4 amide bonds. The van der Waals surface area contributed by atoms with E-state index in [0.29, 0.717) is 0 Å². The van der Waals surface area contributed by atoms with Crippen molar-refractivity contribution in [3.05, 3.63) is 35.9 Å². The molecule has 1 aromatic carbocycles. The van der Waals surface area contributed by atoms with Gasteiger partial charge in [0.1, 0.15) is 12.6 Å². The van der Waals surface area contributed by atoms with Crippen LogP contribution in [0.15, 0.2) is 30.3 Å². The molecule has 8 nitrogen and oxygen atoms in total. The molecular weight excluding hydrogens is 370 g/mol. The lowest BCUT2D eigenvalue weighted by molar-refractivity contribution is -0.126. The van der Waals surface area contributed by atoms with E-state index in [-0.39, 0.29) is 42.5 Å². The highest BCUT2D eigenvalue weighted by atomic mass is 32.2. The van der Waals surface area contributed by atoms with Crippen molar-refractivity contribution in [1.82, 2.24) is 15.5 Å². The Morgan fingerprint density at radius 1 is 1.22 bits per heavy atom. The van der Waals surface area contributed by atoms with Crippen LogP contribution < -0.4 is 10.6 Å². The maximum atomic E-state index is 12.4. The Morgan fingerprint density at radius 3 is 2.52 bits per heavy atom. The first kappa shape index (κ1) is 20.8. The van der Waals surface area contributed by atoms with Gasteiger partial charge < -0.3 is 15.4 Å². The third-order valence-electron chi connectivity index (χ3n) is 3.91. The average molecular weight is 393 g/mol. The molecule has 27 heavy (non-hydrogen) atoms. The Bertz CT molecular complexity index is 679. The number of imide groups is 1. The molecule has 9 heteroatoms. The van der Waals surface area contributed by atoms with E-state index >= 15 is 0 Å². The van der Waals surface area contributed by atoms with Gasteiger partial charge in [0.05, 0.1) is 5.75 Å². The third-order valence-corrected chi connectivity index (χ3v) is 4.77. The number of carbonyl (C=O) groups excluding carboxylic acids is 4. The predicted molar refractivity (Wildman–Crippen MR) is 101 cm³/mol. The highest BCUT2D eigenvalue weighted by Crippen LogP contribution is 2.17. The zero-order valence-corrected chi connectivity index (χ0v) is 16.1. The normalized spacial score (nSPS) is 15.0. The predicted octanol–water partition coefficient (Wildman–Crippen LogP) is 1.75. The Balaban J connectivity index is 1.79. The summed E-state index contributed by atoms with van der Waals surface area (Å²) in [5, 5.41) is 4.90. The molecule has 2 rings (SSSR count). The molecule has 1 heterocycles. The van der Waals surface area contributed by atoms with Gasteiger partial charge >= 0.3 is 6.09 Å². The van der Waals surface area contributed by atoms with Gasteiger partial charge in [-0.05, 0) is 11.5 Å². The number of nitrogens with zero attached hydrogens (tertiary/aromatic N) is 1. The first-order chi connectivity index (χ1) is 12.9. The molecule has 0 saturated carbocycles. The van der Waals surface area contributed by atoms with Crippen LogP contribution in [0.3, 0.4) is 0 Å². The van der Waals surface area contributed by atoms with E-state index in [0.717, 1.165) is 22.2 Å². The van der Waals surface area contributed by atoms with Crippen LogP contribution >= 0.6 is 11.8 Å². The van der Waals surface area contributed by atoms with Gasteiger partial charge in [-0.15, -0.1) is 0 Å². The summed E-state index contributed by atoms with van der Waals surface area (Å²) in [6.07, 6.45) is -0.686. The van der Waals surface area contributed by atoms with Crippen molar-refractivity contribution in [2.24, 2.45) is 5.92 Å². The average Bonchev–Trinajstić information content (AvgIpc) is 2.97.